The number of carboxylic acid groups (broad SMARTS) is 1. The summed E-state index contributed by atoms with van der Waals surface area (Å²) in [5, 5.41) is 9.66. The number of ketones is 1. The van der Waals surface area contributed by atoms with Crippen molar-refractivity contribution in [1.29, 1.82) is 0 Å². The highest BCUT2D eigenvalue weighted by molar-refractivity contribution is 7.93. The van der Waals surface area contributed by atoms with Crippen LogP contribution in [0.2, 0.25) is 5.02 Å². The monoisotopic (exact) mass is 393 g/mol. The Kier molecular flexibility index (Phi) is 4.54. The van der Waals surface area contributed by atoms with Crippen LogP contribution in [0.1, 0.15) is 22.8 Å². The van der Waals surface area contributed by atoms with Crippen LogP contribution in [0.3, 0.4) is 0 Å². The molecule has 0 fully saturated rings. The molecule has 0 aromatic heterocycles. The third-order valence-corrected chi connectivity index (χ3v) is 6.47. The molecule has 1 aliphatic heterocycles. The average Bonchev–Trinajstić information content (AvgIpc) is 2.87. The van der Waals surface area contributed by atoms with Gasteiger partial charge in [-0.1, -0.05) is 29.3 Å². The van der Waals surface area contributed by atoms with Crippen LogP contribution in [0.5, 0.6) is 0 Å². The Bertz CT molecular complexity index is 1000. The lowest BCUT2D eigenvalue weighted by Gasteiger charge is -2.28. The number of nitrogens with zero attached hydrogens (tertiary/aromatic N) is 1. The van der Waals surface area contributed by atoms with Gasteiger partial charge in [0, 0.05) is 10.6 Å². The number of benzene rings is 2. The van der Waals surface area contributed by atoms with Crippen LogP contribution in [-0.2, 0) is 14.8 Å². The van der Waals surface area contributed by atoms with Gasteiger partial charge in [-0.25, -0.2) is 8.42 Å². The fraction of sp³-hybridized carbons (Fsp3) is 0.222. The summed E-state index contributed by atoms with van der Waals surface area (Å²) in [6.45, 7) is 3.14. The number of carbonyl (C=O) groups is 2. The second kappa shape index (κ2) is 6.41. The Morgan fingerprint density at radius 3 is 2.38 bits per heavy atom. The van der Waals surface area contributed by atoms with E-state index in [1.807, 2.05) is 6.92 Å². The molecule has 0 saturated carbocycles. The van der Waals surface area contributed by atoms with Crippen molar-refractivity contribution in [2.75, 3.05) is 4.31 Å². The standard InChI is InChI=1S/C18H16ClNO5S/c1-10-3-6-13(7-4-10)26(24,25)20-15-8-5-12(19)9-14(15)17(21)16(20)11(2)18(22)23/h3-9,11,16H,1-2H3,(H,22,23). The molecule has 0 saturated heterocycles. The van der Waals surface area contributed by atoms with Crippen LogP contribution >= 0.6 is 11.6 Å². The summed E-state index contributed by atoms with van der Waals surface area (Å²) >= 11 is 5.94. The fourth-order valence-corrected chi connectivity index (χ4v) is 4.86. The van der Waals surface area contributed by atoms with Gasteiger partial charge in [0.2, 0.25) is 0 Å². The lowest BCUT2D eigenvalue weighted by molar-refractivity contribution is -0.141. The normalized spacial score (nSPS) is 17.9. The Labute approximate surface area is 156 Å². The molecule has 0 amide bonds. The molecule has 0 bridgehead atoms. The first kappa shape index (κ1) is 18.4. The molecular weight excluding hydrogens is 378 g/mol. The van der Waals surface area contributed by atoms with Crippen LogP contribution in [0.15, 0.2) is 47.4 Å². The zero-order valence-corrected chi connectivity index (χ0v) is 15.6. The smallest absolute Gasteiger partial charge is 0.308 e. The number of hydrogen-bond donors (Lipinski definition) is 1. The molecule has 1 aliphatic rings. The van der Waals surface area contributed by atoms with E-state index < -0.39 is 33.7 Å². The Morgan fingerprint density at radius 2 is 1.81 bits per heavy atom. The number of aryl methyl sites for hydroxylation is 1. The Hall–Kier alpha value is -2.38. The average molecular weight is 394 g/mol. The first-order valence-corrected chi connectivity index (χ1v) is 9.64. The molecule has 2 unspecified atom stereocenters. The predicted octanol–water partition coefficient (Wildman–Crippen LogP) is 3.13. The highest BCUT2D eigenvalue weighted by Crippen LogP contribution is 2.40. The van der Waals surface area contributed by atoms with Crippen molar-refractivity contribution in [2.45, 2.75) is 24.8 Å². The second-order valence-corrected chi connectivity index (χ2v) is 8.46. The van der Waals surface area contributed by atoms with E-state index in [9.17, 15) is 23.1 Å². The molecule has 8 heteroatoms. The van der Waals surface area contributed by atoms with E-state index in [0.717, 1.165) is 9.87 Å². The fourth-order valence-electron chi connectivity index (χ4n) is 2.98. The van der Waals surface area contributed by atoms with E-state index >= 15 is 0 Å². The van der Waals surface area contributed by atoms with Crippen molar-refractivity contribution in [3.05, 3.63) is 58.6 Å². The summed E-state index contributed by atoms with van der Waals surface area (Å²) in [6, 6.07) is 9.05. The highest BCUT2D eigenvalue weighted by atomic mass is 35.5. The van der Waals surface area contributed by atoms with Crippen LogP contribution < -0.4 is 4.31 Å². The lowest BCUT2D eigenvalue weighted by atomic mass is 9.97. The summed E-state index contributed by atoms with van der Waals surface area (Å²) in [5.41, 5.74) is 1.12. The van der Waals surface area contributed by atoms with Crippen molar-refractivity contribution in [2.24, 2.45) is 5.92 Å². The molecule has 2 aromatic carbocycles. The number of Topliss-reactive ketones (excluding diaryl/α,β-unsaturated/α-hetero) is 1. The first-order chi connectivity index (χ1) is 12.1. The van der Waals surface area contributed by atoms with Crippen LogP contribution in [-0.4, -0.2) is 31.3 Å². The van der Waals surface area contributed by atoms with E-state index in [1.165, 1.54) is 37.3 Å². The van der Waals surface area contributed by atoms with Gasteiger partial charge in [-0.2, -0.15) is 0 Å². The van der Waals surface area contributed by atoms with E-state index in [2.05, 4.69) is 0 Å². The van der Waals surface area contributed by atoms with Crippen LogP contribution in [0.25, 0.3) is 0 Å². The maximum Gasteiger partial charge on any atom is 0.308 e. The largest absolute Gasteiger partial charge is 0.481 e. The molecule has 0 radical (unpaired) electrons. The summed E-state index contributed by atoms with van der Waals surface area (Å²) in [7, 11) is -4.14. The summed E-state index contributed by atoms with van der Waals surface area (Å²) in [4.78, 5) is 24.3. The molecule has 26 heavy (non-hydrogen) atoms. The quantitative estimate of drug-likeness (QED) is 0.861. The number of hydrogen-bond acceptors (Lipinski definition) is 4. The van der Waals surface area contributed by atoms with Crippen molar-refractivity contribution >= 4 is 39.1 Å². The number of rotatable bonds is 4. The van der Waals surface area contributed by atoms with Gasteiger partial charge in [-0.05, 0) is 44.2 Å². The van der Waals surface area contributed by atoms with Gasteiger partial charge in [0.15, 0.2) is 5.78 Å². The minimum Gasteiger partial charge on any atom is -0.481 e. The minimum absolute atomic E-state index is 0.0127. The summed E-state index contributed by atoms with van der Waals surface area (Å²) in [5.74, 6) is -3.06. The Morgan fingerprint density at radius 1 is 1.19 bits per heavy atom. The number of aliphatic carboxylic acids is 1. The second-order valence-electron chi connectivity index (χ2n) is 6.21. The molecule has 0 spiro atoms. The third kappa shape index (κ3) is 2.87. The molecule has 6 nitrogen and oxygen atoms in total. The summed E-state index contributed by atoms with van der Waals surface area (Å²) in [6.07, 6.45) is 0. The highest BCUT2D eigenvalue weighted by Gasteiger charge is 2.48. The van der Waals surface area contributed by atoms with E-state index in [4.69, 9.17) is 11.6 Å². The van der Waals surface area contributed by atoms with Gasteiger partial charge in [0.1, 0.15) is 6.04 Å². The van der Waals surface area contributed by atoms with Crippen LogP contribution in [0.4, 0.5) is 5.69 Å². The molecule has 1 N–H and O–H groups in total. The lowest BCUT2D eigenvalue weighted by Crippen LogP contribution is -2.46. The molecule has 1 heterocycles. The molecule has 2 atom stereocenters. The maximum atomic E-state index is 13.2. The summed E-state index contributed by atoms with van der Waals surface area (Å²) < 4.78 is 27.4. The number of halogens is 1. The van der Waals surface area contributed by atoms with E-state index in [-0.39, 0.29) is 21.2 Å². The minimum atomic E-state index is -4.14. The van der Waals surface area contributed by atoms with Gasteiger partial charge in [-0.15, -0.1) is 0 Å². The zero-order chi connectivity index (χ0) is 19.2. The van der Waals surface area contributed by atoms with Gasteiger partial charge < -0.3 is 5.11 Å². The number of anilines is 1. The van der Waals surface area contributed by atoms with Gasteiger partial charge in [0.05, 0.1) is 16.5 Å². The topological polar surface area (TPSA) is 91.8 Å². The number of carbonyl (C=O) groups excluding carboxylic acids is 1. The van der Waals surface area contributed by atoms with Crippen molar-refractivity contribution < 1.29 is 23.1 Å². The first-order valence-electron chi connectivity index (χ1n) is 7.82. The molecular formula is C18H16ClNO5S. The SMILES string of the molecule is Cc1ccc(S(=O)(=O)N2c3ccc(Cl)cc3C(=O)C2C(C)C(=O)O)cc1. The number of sulfonamides is 1. The zero-order valence-electron chi connectivity index (χ0n) is 14.0. The predicted molar refractivity (Wildman–Crippen MR) is 97.2 cm³/mol. The number of carboxylic acids is 1. The maximum absolute atomic E-state index is 13.2. The van der Waals surface area contributed by atoms with E-state index in [1.54, 1.807) is 12.1 Å². The van der Waals surface area contributed by atoms with Crippen molar-refractivity contribution in [1.82, 2.24) is 0 Å². The van der Waals surface area contributed by atoms with Crippen LogP contribution in [0, 0.1) is 12.8 Å². The number of fused-ring (bicyclic) bond motifs is 1. The molecule has 136 valence electrons. The molecule has 3 rings (SSSR count). The van der Waals surface area contributed by atoms with E-state index in [0.29, 0.717) is 0 Å². The van der Waals surface area contributed by atoms with Gasteiger partial charge in [-0.3, -0.25) is 13.9 Å². The van der Waals surface area contributed by atoms with Gasteiger partial charge in [0.25, 0.3) is 10.0 Å². The Balaban J connectivity index is 2.22. The van der Waals surface area contributed by atoms with Crippen molar-refractivity contribution in [3.63, 3.8) is 0 Å². The molecule has 2 aromatic rings. The third-order valence-electron chi connectivity index (χ3n) is 4.42. The van der Waals surface area contributed by atoms with Crippen molar-refractivity contribution in [3.8, 4) is 0 Å². The van der Waals surface area contributed by atoms with Gasteiger partial charge >= 0.3 is 5.97 Å². The molecule has 0 aliphatic carbocycles.